The van der Waals surface area contributed by atoms with Crippen LogP contribution in [0.15, 0.2) is 28.7 Å². The summed E-state index contributed by atoms with van der Waals surface area (Å²) < 4.78 is 11.0. The normalized spacial score (nSPS) is 10.0. The summed E-state index contributed by atoms with van der Waals surface area (Å²) >= 11 is 0. The van der Waals surface area contributed by atoms with E-state index in [2.05, 4.69) is 17.1 Å². The molecule has 0 radical (unpaired) electrons. The Hall–Kier alpha value is -1.79. The number of aromatic nitrogens is 2. The predicted molar refractivity (Wildman–Crippen MR) is 84.0 cm³/mol. The molecule has 1 aromatic carbocycles. The number of nitrogens with zero attached hydrogens (tertiary/aromatic N) is 3. The molecule has 2 N–H and O–H groups in total. The lowest BCUT2D eigenvalue weighted by molar-refractivity contribution is 0.311. The highest BCUT2D eigenvalue weighted by Crippen LogP contribution is 2.13. The van der Waals surface area contributed by atoms with Gasteiger partial charge in [0.15, 0.2) is 0 Å². The second-order valence-electron chi connectivity index (χ2n) is 4.62. The van der Waals surface area contributed by atoms with Gasteiger partial charge in [-0.3, -0.25) is 0 Å². The van der Waals surface area contributed by atoms with E-state index in [-0.39, 0.29) is 19.0 Å². The Morgan fingerprint density at radius 2 is 1.95 bits per heavy atom. The molecule has 0 unspecified atom stereocenters. The third kappa shape index (κ3) is 5.24. The van der Waals surface area contributed by atoms with Gasteiger partial charge in [0.1, 0.15) is 5.75 Å². The van der Waals surface area contributed by atoms with E-state index in [4.69, 9.17) is 14.9 Å². The lowest BCUT2D eigenvalue weighted by Gasteiger charge is -2.13. The molecule has 6 nitrogen and oxygen atoms in total. The van der Waals surface area contributed by atoms with Crippen LogP contribution < -0.4 is 15.4 Å². The fraction of sp³-hybridized carbons (Fsp3) is 0.429. The minimum atomic E-state index is 0. The van der Waals surface area contributed by atoms with Gasteiger partial charge >= 0.3 is 6.01 Å². The maximum atomic E-state index is 5.66. The van der Waals surface area contributed by atoms with Gasteiger partial charge in [0.05, 0.1) is 13.2 Å². The summed E-state index contributed by atoms with van der Waals surface area (Å²) in [7, 11) is 1.90. The van der Waals surface area contributed by atoms with Crippen LogP contribution in [0.25, 0.3) is 0 Å². The number of hydrogen-bond acceptors (Lipinski definition) is 6. The van der Waals surface area contributed by atoms with Crippen molar-refractivity contribution >= 4 is 18.4 Å². The standard InChI is InChI=1S/C14H20N4O2.ClH/c1-11-4-6-12(7-5-11)19-9-3-8-18(2)14-17-16-13(10-15)20-14;/h4-7H,3,8-10,15H2,1-2H3;1H. The number of rotatable bonds is 7. The van der Waals surface area contributed by atoms with Crippen molar-refractivity contribution in [2.45, 2.75) is 19.9 Å². The number of hydrogen-bond donors (Lipinski definition) is 1. The molecule has 0 aliphatic heterocycles. The molecule has 0 saturated carbocycles. The molecule has 21 heavy (non-hydrogen) atoms. The zero-order valence-electron chi connectivity index (χ0n) is 12.3. The number of aryl methyl sites for hydroxylation is 1. The highest BCUT2D eigenvalue weighted by Gasteiger charge is 2.09. The number of benzene rings is 1. The van der Waals surface area contributed by atoms with E-state index in [9.17, 15) is 0 Å². The Bertz CT molecular complexity index is 530. The SMILES string of the molecule is Cc1ccc(OCCCN(C)c2nnc(CN)o2)cc1.Cl. The second-order valence-corrected chi connectivity index (χ2v) is 4.62. The van der Waals surface area contributed by atoms with Crippen LogP contribution in [0.1, 0.15) is 17.9 Å². The van der Waals surface area contributed by atoms with E-state index >= 15 is 0 Å². The minimum Gasteiger partial charge on any atom is -0.494 e. The topological polar surface area (TPSA) is 77.4 Å². The maximum Gasteiger partial charge on any atom is 0.317 e. The summed E-state index contributed by atoms with van der Waals surface area (Å²) in [6.45, 7) is 3.74. The molecule has 2 aromatic rings. The molecular formula is C14H21ClN4O2. The fourth-order valence-electron chi connectivity index (χ4n) is 1.70. The highest BCUT2D eigenvalue weighted by atomic mass is 35.5. The first kappa shape index (κ1) is 17.3. The van der Waals surface area contributed by atoms with Gasteiger partial charge in [-0.2, -0.15) is 0 Å². The van der Waals surface area contributed by atoms with Gasteiger partial charge in [-0.1, -0.05) is 22.8 Å². The third-order valence-corrected chi connectivity index (χ3v) is 2.88. The van der Waals surface area contributed by atoms with Crippen LogP contribution in [-0.4, -0.2) is 30.4 Å². The highest BCUT2D eigenvalue weighted by molar-refractivity contribution is 5.85. The van der Waals surface area contributed by atoms with Gasteiger partial charge < -0.3 is 19.8 Å². The summed E-state index contributed by atoms with van der Waals surface area (Å²) in [6, 6.07) is 8.51. The average Bonchev–Trinajstić information content (AvgIpc) is 2.94. The van der Waals surface area contributed by atoms with Crippen LogP contribution >= 0.6 is 12.4 Å². The quantitative estimate of drug-likeness (QED) is 0.789. The molecule has 1 heterocycles. The summed E-state index contributed by atoms with van der Waals surface area (Å²) in [4.78, 5) is 1.89. The second kappa shape index (κ2) is 8.49. The number of nitrogens with two attached hydrogens (primary N) is 1. The molecule has 7 heteroatoms. The summed E-state index contributed by atoms with van der Waals surface area (Å²) in [5.41, 5.74) is 6.65. The third-order valence-electron chi connectivity index (χ3n) is 2.88. The number of anilines is 1. The molecule has 0 spiro atoms. The minimum absolute atomic E-state index is 0. The van der Waals surface area contributed by atoms with E-state index in [0.717, 1.165) is 18.7 Å². The first-order valence-corrected chi connectivity index (χ1v) is 6.62. The summed E-state index contributed by atoms with van der Waals surface area (Å²) in [5.74, 6) is 1.34. The van der Waals surface area contributed by atoms with Crippen LogP contribution in [-0.2, 0) is 6.54 Å². The Morgan fingerprint density at radius 3 is 2.57 bits per heavy atom. The van der Waals surface area contributed by atoms with Crippen molar-refractivity contribution in [1.29, 1.82) is 0 Å². The first-order valence-electron chi connectivity index (χ1n) is 6.62. The van der Waals surface area contributed by atoms with Gasteiger partial charge in [0.2, 0.25) is 5.89 Å². The smallest absolute Gasteiger partial charge is 0.317 e. The van der Waals surface area contributed by atoms with Gasteiger partial charge in [-0.05, 0) is 25.5 Å². The van der Waals surface area contributed by atoms with E-state index in [0.29, 0.717) is 18.5 Å². The van der Waals surface area contributed by atoms with Crippen molar-refractivity contribution in [1.82, 2.24) is 10.2 Å². The van der Waals surface area contributed by atoms with Crippen molar-refractivity contribution in [3.63, 3.8) is 0 Å². The molecule has 1 aromatic heterocycles. The zero-order valence-corrected chi connectivity index (χ0v) is 13.1. The van der Waals surface area contributed by atoms with Crippen molar-refractivity contribution in [3.05, 3.63) is 35.7 Å². The lowest BCUT2D eigenvalue weighted by Crippen LogP contribution is -2.20. The molecule has 0 aliphatic carbocycles. The van der Waals surface area contributed by atoms with Crippen LogP contribution in [0.3, 0.4) is 0 Å². The van der Waals surface area contributed by atoms with Gasteiger partial charge in [0, 0.05) is 13.6 Å². The van der Waals surface area contributed by atoms with Crippen LogP contribution in [0.2, 0.25) is 0 Å². The lowest BCUT2D eigenvalue weighted by atomic mass is 10.2. The monoisotopic (exact) mass is 312 g/mol. The van der Waals surface area contributed by atoms with E-state index < -0.39 is 0 Å². The zero-order chi connectivity index (χ0) is 14.4. The van der Waals surface area contributed by atoms with E-state index in [1.165, 1.54) is 5.56 Å². The van der Waals surface area contributed by atoms with Crippen LogP contribution in [0, 0.1) is 6.92 Å². The molecule has 0 fully saturated rings. The number of halogens is 1. The van der Waals surface area contributed by atoms with Crippen LogP contribution in [0.5, 0.6) is 5.75 Å². The summed E-state index contributed by atoms with van der Waals surface area (Å²) in [5, 5.41) is 7.75. The molecule has 2 rings (SSSR count). The van der Waals surface area contributed by atoms with Crippen LogP contribution in [0.4, 0.5) is 6.01 Å². The fourth-order valence-corrected chi connectivity index (χ4v) is 1.70. The molecule has 0 saturated heterocycles. The molecule has 116 valence electrons. The van der Waals surface area contributed by atoms with Crippen molar-refractivity contribution < 1.29 is 9.15 Å². The maximum absolute atomic E-state index is 5.66. The van der Waals surface area contributed by atoms with E-state index in [1.807, 2.05) is 36.2 Å². The van der Waals surface area contributed by atoms with Crippen molar-refractivity contribution in [2.24, 2.45) is 5.73 Å². The Morgan fingerprint density at radius 1 is 1.24 bits per heavy atom. The molecule has 0 atom stereocenters. The Balaban J connectivity index is 0.00000220. The summed E-state index contributed by atoms with van der Waals surface area (Å²) in [6.07, 6.45) is 0.866. The first-order chi connectivity index (χ1) is 9.69. The molecular weight excluding hydrogens is 292 g/mol. The van der Waals surface area contributed by atoms with E-state index in [1.54, 1.807) is 0 Å². The largest absolute Gasteiger partial charge is 0.494 e. The number of ether oxygens (including phenoxy) is 1. The predicted octanol–water partition coefficient (Wildman–Crippen LogP) is 2.16. The van der Waals surface area contributed by atoms with Gasteiger partial charge in [-0.25, -0.2) is 0 Å². The Kier molecular flexibility index (Phi) is 6.98. The van der Waals surface area contributed by atoms with Gasteiger partial charge in [-0.15, -0.1) is 17.5 Å². The molecule has 0 bridgehead atoms. The van der Waals surface area contributed by atoms with Gasteiger partial charge in [0.25, 0.3) is 0 Å². The molecule has 0 amide bonds. The Labute approximate surface area is 130 Å². The average molecular weight is 313 g/mol. The van der Waals surface area contributed by atoms with Crippen molar-refractivity contribution in [3.8, 4) is 5.75 Å². The van der Waals surface area contributed by atoms with Crippen molar-refractivity contribution in [2.75, 3.05) is 25.1 Å². The molecule has 0 aliphatic rings.